The lowest BCUT2D eigenvalue weighted by Gasteiger charge is -2.09. The molecule has 0 atom stereocenters. The quantitative estimate of drug-likeness (QED) is 0.490. The van der Waals surface area contributed by atoms with Crippen LogP contribution < -0.4 is 10.1 Å². The number of aryl methyl sites for hydroxylation is 2. The minimum atomic E-state index is -0.130. The van der Waals surface area contributed by atoms with E-state index in [2.05, 4.69) is 15.4 Å². The fraction of sp³-hybridized carbons (Fsp3) is 0.190. The van der Waals surface area contributed by atoms with E-state index in [1.807, 2.05) is 50.2 Å². The Labute approximate surface area is 177 Å². The van der Waals surface area contributed by atoms with Crippen molar-refractivity contribution in [3.63, 3.8) is 0 Å². The molecule has 0 aliphatic heterocycles. The van der Waals surface area contributed by atoms with Crippen molar-refractivity contribution in [2.24, 2.45) is 0 Å². The van der Waals surface area contributed by atoms with E-state index < -0.39 is 0 Å². The molecule has 29 heavy (non-hydrogen) atoms. The van der Waals surface area contributed by atoms with Gasteiger partial charge in [0.25, 0.3) is 0 Å². The molecule has 2 aromatic heterocycles. The van der Waals surface area contributed by atoms with E-state index in [1.165, 1.54) is 11.3 Å². The number of hydrogen-bond donors (Lipinski definition) is 1. The van der Waals surface area contributed by atoms with Crippen LogP contribution in [0.3, 0.4) is 0 Å². The molecule has 0 spiro atoms. The van der Waals surface area contributed by atoms with E-state index in [-0.39, 0.29) is 12.3 Å². The number of carbonyl (C=O) groups is 1. The fourth-order valence-electron chi connectivity index (χ4n) is 3.15. The monoisotopic (exact) mass is 426 g/mol. The molecular formula is C21H19ClN4O2S. The third-order valence-electron chi connectivity index (χ3n) is 4.46. The van der Waals surface area contributed by atoms with Crippen LogP contribution in [0.1, 0.15) is 16.8 Å². The summed E-state index contributed by atoms with van der Waals surface area (Å²) in [4.78, 5) is 17.2. The standard InChI is InChI=1S/C21H19ClN4O2S/c1-12-9-14(7-8-16(12)28-3)11-19(27)23-18-10-13(2)25-26(18)21-24-20-15(22)5-4-6-17(20)29-21/h4-10H,11H2,1-3H3,(H,23,27). The third-order valence-corrected chi connectivity index (χ3v) is 5.76. The number of rotatable bonds is 5. The van der Waals surface area contributed by atoms with Gasteiger partial charge in [0.2, 0.25) is 11.0 Å². The molecule has 0 bridgehead atoms. The summed E-state index contributed by atoms with van der Waals surface area (Å²) in [5, 5.41) is 8.68. The average molecular weight is 427 g/mol. The van der Waals surface area contributed by atoms with Crippen molar-refractivity contribution in [2.45, 2.75) is 20.3 Å². The SMILES string of the molecule is COc1ccc(CC(=O)Nc2cc(C)nn2-c2nc3c(Cl)cccc3s2)cc1C. The molecule has 2 heterocycles. The van der Waals surface area contributed by atoms with Gasteiger partial charge in [-0.1, -0.05) is 41.1 Å². The van der Waals surface area contributed by atoms with Crippen molar-refractivity contribution < 1.29 is 9.53 Å². The van der Waals surface area contributed by atoms with Crippen LogP contribution in [-0.2, 0) is 11.2 Å². The molecule has 6 nitrogen and oxygen atoms in total. The number of ether oxygens (including phenoxy) is 1. The molecule has 4 rings (SSSR count). The van der Waals surface area contributed by atoms with Crippen LogP contribution in [0.5, 0.6) is 5.75 Å². The number of amides is 1. The molecule has 0 unspecified atom stereocenters. The Bertz CT molecular complexity index is 1210. The first-order valence-corrected chi connectivity index (χ1v) is 10.2. The topological polar surface area (TPSA) is 69.0 Å². The molecule has 8 heteroatoms. The summed E-state index contributed by atoms with van der Waals surface area (Å²) >= 11 is 7.72. The summed E-state index contributed by atoms with van der Waals surface area (Å²) in [7, 11) is 1.63. The van der Waals surface area contributed by atoms with Gasteiger partial charge in [-0.3, -0.25) is 4.79 Å². The van der Waals surface area contributed by atoms with Gasteiger partial charge < -0.3 is 10.1 Å². The number of aromatic nitrogens is 3. The Morgan fingerprint density at radius 2 is 2.07 bits per heavy atom. The molecule has 0 aliphatic carbocycles. The van der Waals surface area contributed by atoms with Crippen molar-refractivity contribution in [3.8, 4) is 10.9 Å². The molecule has 0 saturated carbocycles. The lowest BCUT2D eigenvalue weighted by molar-refractivity contribution is -0.115. The Balaban J connectivity index is 1.58. The lowest BCUT2D eigenvalue weighted by atomic mass is 10.1. The molecule has 0 aliphatic rings. The number of methoxy groups -OCH3 is 1. The second-order valence-electron chi connectivity index (χ2n) is 6.69. The molecule has 1 N–H and O–H groups in total. The Morgan fingerprint density at radius 3 is 2.79 bits per heavy atom. The zero-order valence-corrected chi connectivity index (χ0v) is 17.8. The van der Waals surface area contributed by atoms with Crippen LogP contribution in [0, 0.1) is 13.8 Å². The van der Waals surface area contributed by atoms with Gasteiger partial charge in [-0.05, 0) is 43.2 Å². The van der Waals surface area contributed by atoms with Crippen LogP contribution >= 0.6 is 22.9 Å². The van der Waals surface area contributed by atoms with Gasteiger partial charge in [0, 0.05) is 6.07 Å². The summed E-state index contributed by atoms with van der Waals surface area (Å²) in [6.07, 6.45) is 0.251. The average Bonchev–Trinajstić information content (AvgIpc) is 3.26. The van der Waals surface area contributed by atoms with Crippen molar-refractivity contribution in [1.82, 2.24) is 14.8 Å². The number of carbonyl (C=O) groups excluding carboxylic acids is 1. The number of thiazole rings is 1. The molecule has 2 aromatic carbocycles. The van der Waals surface area contributed by atoms with Gasteiger partial charge in [-0.2, -0.15) is 9.78 Å². The number of para-hydroxylation sites is 1. The van der Waals surface area contributed by atoms with Gasteiger partial charge in [-0.15, -0.1) is 0 Å². The molecule has 0 saturated heterocycles. The second-order valence-corrected chi connectivity index (χ2v) is 8.11. The minimum absolute atomic E-state index is 0.130. The Morgan fingerprint density at radius 1 is 1.24 bits per heavy atom. The molecule has 4 aromatic rings. The first-order chi connectivity index (χ1) is 13.9. The maximum Gasteiger partial charge on any atom is 0.229 e. The van der Waals surface area contributed by atoms with E-state index in [0.717, 1.165) is 32.8 Å². The highest BCUT2D eigenvalue weighted by Gasteiger charge is 2.16. The normalized spacial score (nSPS) is 11.0. The zero-order valence-electron chi connectivity index (χ0n) is 16.2. The third kappa shape index (κ3) is 3.97. The molecular weight excluding hydrogens is 408 g/mol. The van der Waals surface area contributed by atoms with Crippen molar-refractivity contribution in [2.75, 3.05) is 12.4 Å². The number of benzene rings is 2. The summed E-state index contributed by atoms with van der Waals surface area (Å²) in [6, 6.07) is 13.2. The lowest BCUT2D eigenvalue weighted by Crippen LogP contribution is -2.17. The number of halogens is 1. The highest BCUT2D eigenvalue weighted by atomic mass is 35.5. The number of anilines is 1. The predicted octanol–water partition coefficient (Wildman–Crippen LogP) is 4.94. The maximum atomic E-state index is 12.6. The fourth-order valence-corrected chi connectivity index (χ4v) is 4.38. The van der Waals surface area contributed by atoms with Crippen molar-refractivity contribution in [3.05, 3.63) is 64.3 Å². The molecule has 0 fully saturated rings. The largest absolute Gasteiger partial charge is 0.496 e. The minimum Gasteiger partial charge on any atom is -0.496 e. The molecule has 0 radical (unpaired) electrons. The van der Waals surface area contributed by atoms with Gasteiger partial charge in [0.05, 0.1) is 28.9 Å². The summed E-state index contributed by atoms with van der Waals surface area (Å²) in [6.45, 7) is 3.83. The highest BCUT2D eigenvalue weighted by molar-refractivity contribution is 7.20. The Hall–Kier alpha value is -2.90. The van der Waals surface area contributed by atoms with Crippen LogP contribution in [0.25, 0.3) is 15.3 Å². The highest BCUT2D eigenvalue weighted by Crippen LogP contribution is 2.31. The summed E-state index contributed by atoms with van der Waals surface area (Å²) in [5.41, 5.74) is 3.42. The van der Waals surface area contributed by atoms with Gasteiger partial charge in [-0.25, -0.2) is 4.98 Å². The van der Waals surface area contributed by atoms with E-state index in [9.17, 15) is 4.79 Å². The Kier molecular flexibility index (Phi) is 5.25. The number of fused-ring (bicyclic) bond motifs is 1. The number of nitrogens with zero attached hydrogens (tertiary/aromatic N) is 3. The van der Waals surface area contributed by atoms with Gasteiger partial charge in [0.1, 0.15) is 17.1 Å². The predicted molar refractivity (Wildman–Crippen MR) is 117 cm³/mol. The maximum absolute atomic E-state index is 12.6. The van der Waals surface area contributed by atoms with E-state index in [0.29, 0.717) is 16.0 Å². The van der Waals surface area contributed by atoms with E-state index >= 15 is 0 Å². The van der Waals surface area contributed by atoms with E-state index in [4.69, 9.17) is 16.3 Å². The summed E-state index contributed by atoms with van der Waals surface area (Å²) in [5.74, 6) is 1.25. The van der Waals surface area contributed by atoms with Gasteiger partial charge in [0.15, 0.2) is 0 Å². The molecule has 1 amide bonds. The first kappa shape index (κ1) is 19.4. The van der Waals surface area contributed by atoms with Crippen LogP contribution in [0.2, 0.25) is 5.02 Å². The van der Waals surface area contributed by atoms with Crippen LogP contribution in [-0.4, -0.2) is 27.8 Å². The molecule has 148 valence electrons. The van der Waals surface area contributed by atoms with Crippen LogP contribution in [0.4, 0.5) is 5.82 Å². The summed E-state index contributed by atoms with van der Waals surface area (Å²) < 4.78 is 7.88. The van der Waals surface area contributed by atoms with Gasteiger partial charge >= 0.3 is 0 Å². The smallest absolute Gasteiger partial charge is 0.229 e. The second kappa shape index (κ2) is 7.85. The van der Waals surface area contributed by atoms with Crippen molar-refractivity contribution >= 4 is 44.9 Å². The first-order valence-electron chi connectivity index (χ1n) is 9.00. The number of nitrogens with one attached hydrogen (secondary N) is 1. The number of hydrogen-bond acceptors (Lipinski definition) is 5. The zero-order chi connectivity index (χ0) is 20.5. The van der Waals surface area contributed by atoms with Crippen molar-refractivity contribution in [1.29, 1.82) is 0 Å². The van der Waals surface area contributed by atoms with E-state index in [1.54, 1.807) is 17.9 Å². The van der Waals surface area contributed by atoms with Crippen LogP contribution in [0.15, 0.2) is 42.5 Å².